The average Bonchev–Trinajstić information content (AvgIpc) is 2.79. The van der Waals surface area contributed by atoms with E-state index in [-0.39, 0.29) is 5.41 Å². The molecular weight excluding hydrogens is 294 g/mol. The molecule has 0 atom stereocenters. The van der Waals surface area contributed by atoms with Crippen LogP contribution in [0.25, 0.3) is 11.1 Å². The highest BCUT2D eigenvalue weighted by Crippen LogP contribution is 2.49. The van der Waals surface area contributed by atoms with Gasteiger partial charge in [0.05, 0.1) is 0 Å². The molecule has 2 N–H and O–H groups in total. The molecule has 0 saturated heterocycles. The number of fused-ring (bicyclic) bond motifs is 3. The summed E-state index contributed by atoms with van der Waals surface area (Å²) in [6.07, 6.45) is 1.51. The second-order valence-corrected chi connectivity index (χ2v) is 7.20. The van der Waals surface area contributed by atoms with Crippen LogP contribution in [0, 0.1) is 0 Å². The molecule has 124 valence electrons. The second kappa shape index (κ2) is 5.90. The molecule has 1 aliphatic carbocycles. The van der Waals surface area contributed by atoms with E-state index in [4.69, 9.17) is 5.73 Å². The van der Waals surface area contributed by atoms with Gasteiger partial charge < -0.3 is 5.73 Å². The van der Waals surface area contributed by atoms with Crippen LogP contribution in [0.1, 0.15) is 55.9 Å². The third-order valence-corrected chi connectivity index (χ3v) is 4.96. The first-order valence-electron chi connectivity index (χ1n) is 8.40. The highest BCUT2D eigenvalue weighted by atomic mass is 14.9. The van der Waals surface area contributed by atoms with E-state index in [1.165, 1.54) is 34.2 Å². The third kappa shape index (κ3) is 2.44. The van der Waals surface area contributed by atoms with Crippen molar-refractivity contribution in [3.05, 3.63) is 58.7 Å². The summed E-state index contributed by atoms with van der Waals surface area (Å²) in [6.45, 7) is 8.94. The highest BCUT2D eigenvalue weighted by molar-refractivity contribution is 6.03. The maximum Gasteiger partial charge on any atom is 0.132 e. The molecule has 0 heterocycles. The van der Waals surface area contributed by atoms with Crippen molar-refractivity contribution in [3.63, 3.8) is 0 Å². The van der Waals surface area contributed by atoms with E-state index in [0.717, 1.165) is 5.56 Å². The van der Waals surface area contributed by atoms with Gasteiger partial charge in [-0.25, -0.2) is 4.99 Å². The van der Waals surface area contributed by atoms with Gasteiger partial charge in [-0.1, -0.05) is 52.0 Å². The van der Waals surface area contributed by atoms with Crippen LogP contribution in [0.4, 0.5) is 0 Å². The monoisotopic (exact) mass is 319 g/mol. The first-order chi connectivity index (χ1) is 11.4. The van der Waals surface area contributed by atoms with Crippen LogP contribution in [0.5, 0.6) is 0 Å². The number of hydrogen-bond acceptors (Lipinski definition) is 1. The van der Waals surface area contributed by atoms with Gasteiger partial charge in [0.1, 0.15) is 12.2 Å². The lowest BCUT2D eigenvalue weighted by atomic mass is 9.80. The topological polar surface area (TPSA) is 50.7 Å². The minimum absolute atomic E-state index is 0.0324. The molecule has 2 aromatic carbocycles. The van der Waals surface area contributed by atoms with Crippen molar-refractivity contribution in [2.75, 3.05) is 7.05 Å². The summed E-state index contributed by atoms with van der Waals surface area (Å²) < 4.78 is 0. The van der Waals surface area contributed by atoms with Crippen LogP contribution >= 0.6 is 0 Å². The summed E-state index contributed by atoms with van der Waals surface area (Å²) in [7, 11) is 1.70. The van der Waals surface area contributed by atoms with E-state index < -0.39 is 0 Å². The van der Waals surface area contributed by atoms with E-state index >= 15 is 0 Å². The molecule has 0 unspecified atom stereocenters. The Kier molecular flexibility index (Phi) is 4.04. The Morgan fingerprint density at radius 1 is 1.08 bits per heavy atom. The van der Waals surface area contributed by atoms with Gasteiger partial charge in [0.15, 0.2) is 0 Å². The molecule has 3 heteroatoms. The van der Waals surface area contributed by atoms with Crippen LogP contribution in [0.15, 0.2) is 46.4 Å². The fraction of sp³-hybridized carbons (Fsp3) is 0.333. The standard InChI is InChI=1S/C21H25N3/c1-13(2)15-10-16-14-8-6-7-9-18(14)21(3,4)19(16)11-17(15)20(22)24-12-23-5/h6-13H,1-5H3,(H2,22,23,24). The smallest absolute Gasteiger partial charge is 0.132 e. The zero-order valence-electron chi connectivity index (χ0n) is 15.1. The van der Waals surface area contributed by atoms with Crippen molar-refractivity contribution in [2.24, 2.45) is 15.7 Å². The predicted molar refractivity (Wildman–Crippen MR) is 103 cm³/mol. The molecule has 0 aromatic heterocycles. The number of aliphatic imine (C=N–C) groups is 2. The second-order valence-electron chi connectivity index (χ2n) is 7.20. The molecule has 0 aliphatic heterocycles. The largest absolute Gasteiger partial charge is 0.383 e. The predicted octanol–water partition coefficient (Wildman–Crippen LogP) is 4.48. The molecular formula is C21H25N3. The lowest BCUT2D eigenvalue weighted by Gasteiger charge is -2.23. The molecule has 3 rings (SSSR count). The Morgan fingerprint density at radius 2 is 1.79 bits per heavy atom. The quantitative estimate of drug-likeness (QED) is 0.658. The minimum Gasteiger partial charge on any atom is -0.383 e. The lowest BCUT2D eigenvalue weighted by Crippen LogP contribution is -2.20. The number of hydrogen-bond donors (Lipinski definition) is 1. The molecule has 2 aromatic rings. The first-order valence-corrected chi connectivity index (χ1v) is 8.40. The summed E-state index contributed by atoms with van der Waals surface area (Å²) in [5, 5.41) is 0. The molecule has 3 nitrogen and oxygen atoms in total. The normalized spacial score (nSPS) is 15.8. The Morgan fingerprint density at radius 3 is 2.46 bits per heavy atom. The van der Waals surface area contributed by atoms with E-state index in [0.29, 0.717) is 11.8 Å². The Labute approximate surface area is 144 Å². The Balaban J connectivity index is 2.29. The van der Waals surface area contributed by atoms with Gasteiger partial charge in [-0.3, -0.25) is 4.99 Å². The van der Waals surface area contributed by atoms with E-state index in [1.54, 1.807) is 7.05 Å². The zero-order chi connectivity index (χ0) is 17.5. The van der Waals surface area contributed by atoms with E-state index in [9.17, 15) is 0 Å². The molecule has 1 aliphatic rings. The van der Waals surface area contributed by atoms with Gasteiger partial charge in [-0.15, -0.1) is 0 Å². The average molecular weight is 319 g/mol. The fourth-order valence-electron chi connectivity index (χ4n) is 3.65. The van der Waals surface area contributed by atoms with Gasteiger partial charge in [-0.2, -0.15) is 0 Å². The number of rotatable bonds is 3. The molecule has 0 saturated carbocycles. The minimum atomic E-state index is -0.0324. The van der Waals surface area contributed by atoms with Crippen LogP contribution in [-0.4, -0.2) is 19.2 Å². The van der Waals surface area contributed by atoms with Crippen LogP contribution in [0.2, 0.25) is 0 Å². The first kappa shape index (κ1) is 16.4. The highest BCUT2D eigenvalue weighted by Gasteiger charge is 2.36. The van der Waals surface area contributed by atoms with Gasteiger partial charge in [0.25, 0.3) is 0 Å². The maximum atomic E-state index is 6.27. The summed E-state index contributed by atoms with van der Waals surface area (Å²) in [5.41, 5.74) is 13.8. The number of amidine groups is 1. The van der Waals surface area contributed by atoms with Crippen molar-refractivity contribution in [2.45, 2.75) is 39.0 Å². The number of nitrogens with zero attached hydrogens (tertiary/aromatic N) is 2. The molecule has 0 bridgehead atoms. The summed E-state index contributed by atoms with van der Waals surface area (Å²) in [4.78, 5) is 8.20. The number of benzene rings is 2. The third-order valence-electron chi connectivity index (χ3n) is 4.96. The van der Waals surface area contributed by atoms with Crippen LogP contribution < -0.4 is 5.73 Å². The molecule has 0 amide bonds. The van der Waals surface area contributed by atoms with E-state index in [1.807, 2.05) is 0 Å². The Hall–Kier alpha value is -2.42. The van der Waals surface area contributed by atoms with Gasteiger partial charge in [0, 0.05) is 18.0 Å². The van der Waals surface area contributed by atoms with Gasteiger partial charge >= 0.3 is 0 Å². The van der Waals surface area contributed by atoms with Gasteiger partial charge in [-0.05, 0) is 45.9 Å². The van der Waals surface area contributed by atoms with Crippen LogP contribution in [0.3, 0.4) is 0 Å². The molecule has 0 radical (unpaired) electrons. The summed E-state index contributed by atoms with van der Waals surface area (Å²) in [6, 6.07) is 13.2. The molecule has 0 fully saturated rings. The molecule has 24 heavy (non-hydrogen) atoms. The van der Waals surface area contributed by atoms with Crippen molar-refractivity contribution in [1.82, 2.24) is 0 Å². The van der Waals surface area contributed by atoms with E-state index in [2.05, 4.69) is 74.1 Å². The Bertz CT molecular complexity index is 842. The van der Waals surface area contributed by atoms with Crippen molar-refractivity contribution < 1.29 is 0 Å². The van der Waals surface area contributed by atoms with Crippen molar-refractivity contribution in [3.8, 4) is 11.1 Å². The number of nitrogens with two attached hydrogens (primary N) is 1. The van der Waals surface area contributed by atoms with Gasteiger partial charge in [0.2, 0.25) is 0 Å². The fourth-order valence-corrected chi connectivity index (χ4v) is 3.65. The summed E-state index contributed by atoms with van der Waals surface area (Å²) in [5.74, 6) is 0.896. The summed E-state index contributed by atoms with van der Waals surface area (Å²) >= 11 is 0. The van der Waals surface area contributed by atoms with Crippen molar-refractivity contribution >= 4 is 12.2 Å². The lowest BCUT2D eigenvalue weighted by molar-refractivity contribution is 0.659. The maximum absolute atomic E-state index is 6.27. The zero-order valence-corrected chi connectivity index (χ0v) is 15.1. The van der Waals surface area contributed by atoms with Crippen LogP contribution in [-0.2, 0) is 5.41 Å². The SMILES string of the molecule is CN=CN=C(N)c1cc2c(cc1C(C)C)-c1ccccc1C2(C)C. The van der Waals surface area contributed by atoms with Crippen molar-refractivity contribution in [1.29, 1.82) is 0 Å². The molecule has 0 spiro atoms.